The van der Waals surface area contributed by atoms with Gasteiger partial charge in [0.15, 0.2) is 0 Å². The predicted octanol–water partition coefficient (Wildman–Crippen LogP) is 4.75. The maximum absolute atomic E-state index is 13.2. The van der Waals surface area contributed by atoms with Gasteiger partial charge in [-0.15, -0.1) is 11.3 Å². The molecule has 0 aliphatic heterocycles. The zero-order valence-corrected chi connectivity index (χ0v) is 10.8. The van der Waals surface area contributed by atoms with Crippen LogP contribution in [0.2, 0.25) is 5.02 Å². The minimum Gasteiger partial charge on any atom is -0.388 e. The van der Waals surface area contributed by atoms with Crippen LogP contribution in [0.3, 0.4) is 0 Å². The second kappa shape index (κ2) is 5.34. The SMILES string of the molecule is CNc1cc(F)cc(Cl)c1/C=C/c1cccs1. The molecule has 0 saturated heterocycles. The number of hydrogen-bond donors (Lipinski definition) is 1. The van der Waals surface area contributed by atoms with E-state index < -0.39 is 0 Å². The first kappa shape index (κ1) is 12.1. The smallest absolute Gasteiger partial charge is 0.126 e. The van der Waals surface area contributed by atoms with Gasteiger partial charge in [0.25, 0.3) is 0 Å². The van der Waals surface area contributed by atoms with Gasteiger partial charge >= 0.3 is 0 Å². The number of anilines is 1. The van der Waals surface area contributed by atoms with E-state index in [0.717, 1.165) is 10.4 Å². The van der Waals surface area contributed by atoms with Crippen molar-refractivity contribution in [1.82, 2.24) is 0 Å². The lowest BCUT2D eigenvalue weighted by atomic mass is 10.1. The highest BCUT2D eigenvalue weighted by Gasteiger charge is 2.06. The zero-order valence-electron chi connectivity index (χ0n) is 9.21. The summed E-state index contributed by atoms with van der Waals surface area (Å²) in [6.07, 6.45) is 3.85. The van der Waals surface area contributed by atoms with Crippen molar-refractivity contribution in [3.63, 3.8) is 0 Å². The molecule has 0 amide bonds. The van der Waals surface area contributed by atoms with Gasteiger partial charge in [0.2, 0.25) is 0 Å². The van der Waals surface area contributed by atoms with Crippen LogP contribution in [0, 0.1) is 5.82 Å². The highest BCUT2D eigenvalue weighted by Crippen LogP contribution is 2.28. The Bertz CT molecular complexity index is 535. The zero-order chi connectivity index (χ0) is 12.3. The van der Waals surface area contributed by atoms with Gasteiger partial charge in [-0.05, 0) is 35.7 Å². The number of thiophene rings is 1. The Hall–Kier alpha value is -1.32. The summed E-state index contributed by atoms with van der Waals surface area (Å²) in [4.78, 5) is 1.13. The number of nitrogens with one attached hydrogen (secondary N) is 1. The second-order valence-corrected chi connectivity index (χ2v) is 4.83. The molecular formula is C13H11ClFNS. The van der Waals surface area contributed by atoms with Gasteiger partial charge in [-0.25, -0.2) is 4.39 Å². The number of rotatable bonds is 3. The van der Waals surface area contributed by atoms with Crippen molar-refractivity contribution in [3.05, 3.63) is 50.9 Å². The van der Waals surface area contributed by atoms with Gasteiger partial charge in [0.1, 0.15) is 5.82 Å². The number of hydrogen-bond acceptors (Lipinski definition) is 2. The topological polar surface area (TPSA) is 12.0 Å². The van der Waals surface area contributed by atoms with Gasteiger partial charge in [0.05, 0.1) is 5.02 Å². The van der Waals surface area contributed by atoms with Crippen LogP contribution >= 0.6 is 22.9 Å². The summed E-state index contributed by atoms with van der Waals surface area (Å²) < 4.78 is 13.2. The molecule has 17 heavy (non-hydrogen) atoms. The summed E-state index contributed by atoms with van der Waals surface area (Å²) in [6, 6.07) is 6.74. The standard InChI is InChI=1S/C13H11ClFNS/c1-16-13-8-9(15)7-12(14)11(13)5-4-10-3-2-6-17-10/h2-8,16H,1H3/b5-4+. The lowest BCUT2D eigenvalue weighted by Crippen LogP contribution is -1.93. The van der Waals surface area contributed by atoms with Crippen molar-refractivity contribution in [1.29, 1.82) is 0 Å². The lowest BCUT2D eigenvalue weighted by molar-refractivity contribution is 0.628. The molecule has 0 aliphatic carbocycles. The maximum atomic E-state index is 13.2. The summed E-state index contributed by atoms with van der Waals surface area (Å²) in [5.74, 6) is -0.340. The van der Waals surface area contributed by atoms with E-state index in [9.17, 15) is 4.39 Å². The highest BCUT2D eigenvalue weighted by atomic mass is 35.5. The van der Waals surface area contributed by atoms with Crippen molar-refractivity contribution in [2.24, 2.45) is 0 Å². The summed E-state index contributed by atoms with van der Waals surface area (Å²) in [5.41, 5.74) is 1.48. The molecule has 1 aromatic carbocycles. The Balaban J connectivity index is 2.38. The van der Waals surface area contributed by atoms with Crippen LogP contribution in [-0.4, -0.2) is 7.05 Å². The normalized spacial score (nSPS) is 11.0. The Labute approximate surface area is 109 Å². The minimum atomic E-state index is -0.340. The summed E-state index contributed by atoms with van der Waals surface area (Å²) in [6.45, 7) is 0. The third kappa shape index (κ3) is 2.87. The molecule has 1 N–H and O–H groups in total. The molecule has 0 saturated carbocycles. The van der Waals surface area contributed by atoms with E-state index in [1.807, 2.05) is 29.7 Å². The van der Waals surface area contributed by atoms with Crippen LogP contribution in [0.5, 0.6) is 0 Å². The van der Waals surface area contributed by atoms with E-state index in [1.54, 1.807) is 18.4 Å². The van der Waals surface area contributed by atoms with E-state index in [4.69, 9.17) is 11.6 Å². The van der Waals surface area contributed by atoms with Crippen molar-refractivity contribution in [2.45, 2.75) is 0 Å². The Morgan fingerprint density at radius 2 is 2.18 bits per heavy atom. The quantitative estimate of drug-likeness (QED) is 0.846. The first-order chi connectivity index (χ1) is 8.20. The molecule has 0 bridgehead atoms. The minimum absolute atomic E-state index is 0.340. The first-order valence-electron chi connectivity index (χ1n) is 5.09. The highest BCUT2D eigenvalue weighted by molar-refractivity contribution is 7.10. The van der Waals surface area contributed by atoms with Gasteiger partial charge in [0, 0.05) is 23.2 Å². The average molecular weight is 268 g/mol. The van der Waals surface area contributed by atoms with E-state index in [2.05, 4.69) is 5.32 Å². The molecular weight excluding hydrogens is 257 g/mol. The molecule has 0 fully saturated rings. The Kier molecular flexibility index (Phi) is 3.82. The number of benzene rings is 1. The van der Waals surface area contributed by atoms with E-state index >= 15 is 0 Å². The van der Waals surface area contributed by atoms with Crippen LogP contribution in [-0.2, 0) is 0 Å². The monoisotopic (exact) mass is 267 g/mol. The van der Waals surface area contributed by atoms with Crippen LogP contribution in [0.15, 0.2) is 29.6 Å². The summed E-state index contributed by atoms with van der Waals surface area (Å²) >= 11 is 7.67. The van der Waals surface area contributed by atoms with Crippen molar-refractivity contribution in [3.8, 4) is 0 Å². The van der Waals surface area contributed by atoms with Gasteiger partial charge in [-0.1, -0.05) is 17.7 Å². The first-order valence-corrected chi connectivity index (χ1v) is 6.35. The summed E-state index contributed by atoms with van der Waals surface area (Å²) in [5, 5.41) is 5.34. The molecule has 88 valence electrons. The fourth-order valence-corrected chi connectivity index (χ4v) is 2.40. The Morgan fingerprint density at radius 3 is 2.82 bits per heavy atom. The molecule has 0 spiro atoms. The lowest BCUT2D eigenvalue weighted by Gasteiger charge is -2.07. The van der Waals surface area contributed by atoms with E-state index in [1.165, 1.54) is 12.1 Å². The van der Waals surface area contributed by atoms with Crippen LogP contribution in [0.25, 0.3) is 12.2 Å². The van der Waals surface area contributed by atoms with E-state index in [0.29, 0.717) is 10.7 Å². The molecule has 1 heterocycles. The largest absolute Gasteiger partial charge is 0.388 e. The fraction of sp³-hybridized carbons (Fsp3) is 0.0769. The van der Waals surface area contributed by atoms with Crippen LogP contribution in [0.1, 0.15) is 10.4 Å². The molecule has 0 radical (unpaired) electrons. The predicted molar refractivity (Wildman–Crippen MR) is 74.2 cm³/mol. The molecule has 4 heteroatoms. The third-order valence-electron chi connectivity index (χ3n) is 2.32. The number of halogens is 2. The van der Waals surface area contributed by atoms with E-state index in [-0.39, 0.29) is 5.82 Å². The fourth-order valence-electron chi connectivity index (χ4n) is 1.51. The summed E-state index contributed by atoms with van der Waals surface area (Å²) in [7, 11) is 1.74. The molecule has 0 unspecified atom stereocenters. The third-order valence-corrected chi connectivity index (χ3v) is 3.47. The molecule has 0 atom stereocenters. The van der Waals surface area contributed by atoms with Crippen molar-refractivity contribution < 1.29 is 4.39 Å². The second-order valence-electron chi connectivity index (χ2n) is 3.45. The molecule has 2 aromatic rings. The molecule has 1 aromatic heterocycles. The average Bonchev–Trinajstić information content (AvgIpc) is 2.79. The molecule has 2 rings (SSSR count). The molecule has 0 aliphatic rings. The van der Waals surface area contributed by atoms with Gasteiger partial charge in [-0.2, -0.15) is 0 Å². The van der Waals surface area contributed by atoms with Crippen molar-refractivity contribution >= 4 is 40.8 Å². The molecule has 1 nitrogen and oxygen atoms in total. The Morgan fingerprint density at radius 1 is 1.35 bits per heavy atom. The van der Waals surface area contributed by atoms with Gasteiger partial charge < -0.3 is 5.32 Å². The maximum Gasteiger partial charge on any atom is 0.126 e. The van der Waals surface area contributed by atoms with Crippen LogP contribution < -0.4 is 5.32 Å². The van der Waals surface area contributed by atoms with Gasteiger partial charge in [-0.3, -0.25) is 0 Å². The van der Waals surface area contributed by atoms with Crippen molar-refractivity contribution in [2.75, 3.05) is 12.4 Å². The van der Waals surface area contributed by atoms with Crippen LogP contribution in [0.4, 0.5) is 10.1 Å².